The molecule has 0 saturated carbocycles. The Morgan fingerprint density at radius 3 is 2.31 bits per heavy atom. The number of nitrogens with zero attached hydrogens (tertiary/aromatic N) is 1. The third-order valence-corrected chi connectivity index (χ3v) is 4.23. The number of non-ortho nitro benzene ring substituents is 1. The van der Waals surface area contributed by atoms with Gasteiger partial charge in [0.15, 0.2) is 0 Å². The summed E-state index contributed by atoms with van der Waals surface area (Å²) in [6, 6.07) is 9.55. The number of nitro benzene ring substituents is 1. The highest BCUT2D eigenvalue weighted by molar-refractivity contribution is 8.00. The van der Waals surface area contributed by atoms with Crippen LogP contribution in [0.1, 0.15) is 5.56 Å². The molecule has 2 aromatic carbocycles. The van der Waals surface area contributed by atoms with Crippen LogP contribution in [-0.2, 0) is 9.59 Å². The van der Waals surface area contributed by atoms with Crippen LogP contribution in [0.4, 0.5) is 21.5 Å². The first-order chi connectivity index (χ1) is 12.3. The molecule has 0 aliphatic rings. The normalized spacial score (nSPS) is 10.2. The molecule has 2 aromatic rings. The van der Waals surface area contributed by atoms with Gasteiger partial charge in [0, 0.05) is 17.8 Å². The van der Waals surface area contributed by atoms with E-state index < -0.39 is 10.7 Å². The van der Waals surface area contributed by atoms with Crippen LogP contribution in [0.25, 0.3) is 0 Å². The third kappa shape index (κ3) is 5.85. The molecule has 0 aliphatic carbocycles. The maximum atomic E-state index is 12.8. The zero-order valence-corrected chi connectivity index (χ0v) is 14.6. The molecule has 2 N–H and O–H groups in total. The number of thioether (sulfide) groups is 1. The van der Waals surface area contributed by atoms with E-state index in [9.17, 15) is 24.1 Å². The molecule has 0 spiro atoms. The lowest BCUT2D eigenvalue weighted by molar-refractivity contribution is -0.384. The molecule has 0 saturated heterocycles. The average molecular weight is 377 g/mol. The van der Waals surface area contributed by atoms with E-state index in [1.54, 1.807) is 13.0 Å². The Morgan fingerprint density at radius 2 is 1.69 bits per heavy atom. The maximum absolute atomic E-state index is 12.8. The topological polar surface area (TPSA) is 101 Å². The van der Waals surface area contributed by atoms with Gasteiger partial charge < -0.3 is 10.6 Å². The summed E-state index contributed by atoms with van der Waals surface area (Å²) in [5.74, 6) is -1.03. The number of nitrogens with one attached hydrogen (secondary N) is 2. The third-order valence-electron chi connectivity index (χ3n) is 3.30. The molecule has 26 heavy (non-hydrogen) atoms. The first-order valence-electron chi connectivity index (χ1n) is 7.53. The molecule has 0 aliphatic heterocycles. The molecule has 0 bridgehead atoms. The van der Waals surface area contributed by atoms with Crippen molar-refractivity contribution >= 4 is 40.6 Å². The number of carbonyl (C=O) groups excluding carboxylic acids is 2. The van der Waals surface area contributed by atoms with Crippen molar-refractivity contribution in [1.29, 1.82) is 0 Å². The van der Waals surface area contributed by atoms with E-state index >= 15 is 0 Å². The Bertz CT molecular complexity index is 827. The molecule has 9 heteroatoms. The van der Waals surface area contributed by atoms with Gasteiger partial charge in [-0.15, -0.1) is 11.8 Å². The summed E-state index contributed by atoms with van der Waals surface area (Å²) >= 11 is 1.10. The molecule has 0 radical (unpaired) electrons. The van der Waals surface area contributed by atoms with Crippen molar-refractivity contribution in [2.75, 3.05) is 22.1 Å². The maximum Gasteiger partial charge on any atom is 0.271 e. The first-order valence-corrected chi connectivity index (χ1v) is 8.68. The molecule has 2 rings (SSSR count). The number of carbonyl (C=O) groups is 2. The van der Waals surface area contributed by atoms with Gasteiger partial charge in [-0.05, 0) is 36.8 Å². The van der Waals surface area contributed by atoms with Crippen molar-refractivity contribution in [3.63, 3.8) is 0 Å². The zero-order valence-electron chi connectivity index (χ0n) is 13.8. The van der Waals surface area contributed by atoms with Gasteiger partial charge >= 0.3 is 0 Å². The fraction of sp³-hybridized carbons (Fsp3) is 0.176. The molecule has 0 aromatic heterocycles. The quantitative estimate of drug-likeness (QED) is 0.569. The predicted octanol–water partition coefficient (Wildman–Crippen LogP) is 3.35. The number of hydrogen-bond acceptors (Lipinski definition) is 5. The Labute approximate surface area is 153 Å². The monoisotopic (exact) mass is 377 g/mol. The Kier molecular flexibility index (Phi) is 6.67. The standard InChI is InChI=1S/C17H16FN3O4S/c1-11-2-7-14(21(24)25)8-15(11)20-17(23)10-26-9-16(22)19-13-5-3-12(18)4-6-13/h2-8H,9-10H2,1H3,(H,19,22)(H,20,23). The molecular weight excluding hydrogens is 361 g/mol. The fourth-order valence-corrected chi connectivity index (χ4v) is 2.63. The SMILES string of the molecule is Cc1ccc([N+](=O)[O-])cc1NC(=O)CSCC(=O)Nc1ccc(F)cc1. The van der Waals surface area contributed by atoms with Crippen LogP contribution in [0.3, 0.4) is 0 Å². The van der Waals surface area contributed by atoms with Crippen LogP contribution in [0, 0.1) is 22.9 Å². The zero-order chi connectivity index (χ0) is 19.1. The summed E-state index contributed by atoms with van der Waals surface area (Å²) in [6.45, 7) is 1.72. The minimum atomic E-state index is -0.538. The van der Waals surface area contributed by atoms with E-state index in [2.05, 4.69) is 10.6 Å². The van der Waals surface area contributed by atoms with E-state index in [4.69, 9.17) is 0 Å². The molecule has 0 atom stereocenters. The highest BCUT2D eigenvalue weighted by Gasteiger charge is 2.12. The largest absolute Gasteiger partial charge is 0.325 e. The predicted molar refractivity (Wildman–Crippen MR) is 98.8 cm³/mol. The van der Waals surface area contributed by atoms with Crippen molar-refractivity contribution in [3.05, 3.63) is 64.0 Å². The summed E-state index contributed by atoms with van der Waals surface area (Å²) in [7, 11) is 0. The number of nitro groups is 1. The van der Waals surface area contributed by atoms with E-state index in [1.165, 1.54) is 36.4 Å². The van der Waals surface area contributed by atoms with Crippen LogP contribution in [0.15, 0.2) is 42.5 Å². The van der Waals surface area contributed by atoms with Gasteiger partial charge in [0.05, 0.1) is 22.1 Å². The number of amides is 2. The van der Waals surface area contributed by atoms with Crippen molar-refractivity contribution in [2.45, 2.75) is 6.92 Å². The average Bonchev–Trinajstić information content (AvgIpc) is 2.58. The van der Waals surface area contributed by atoms with E-state index in [-0.39, 0.29) is 29.0 Å². The molecule has 136 valence electrons. The number of aryl methyl sites for hydroxylation is 1. The summed E-state index contributed by atoms with van der Waals surface area (Å²) in [6.07, 6.45) is 0. The number of halogens is 1. The Morgan fingerprint density at radius 1 is 1.08 bits per heavy atom. The smallest absolute Gasteiger partial charge is 0.271 e. The fourth-order valence-electron chi connectivity index (χ4n) is 2.01. The van der Waals surface area contributed by atoms with E-state index in [1.807, 2.05) is 0 Å². The lowest BCUT2D eigenvalue weighted by Gasteiger charge is -2.08. The lowest BCUT2D eigenvalue weighted by Crippen LogP contribution is -2.18. The van der Waals surface area contributed by atoms with Crippen LogP contribution < -0.4 is 10.6 Å². The minimum Gasteiger partial charge on any atom is -0.325 e. The number of rotatable bonds is 7. The summed E-state index contributed by atoms with van der Waals surface area (Å²) < 4.78 is 12.8. The van der Waals surface area contributed by atoms with Gasteiger partial charge in [-0.1, -0.05) is 6.07 Å². The summed E-state index contributed by atoms with van der Waals surface area (Å²) in [5, 5.41) is 16.0. The van der Waals surface area contributed by atoms with Gasteiger partial charge in [-0.25, -0.2) is 4.39 Å². The second-order valence-electron chi connectivity index (χ2n) is 5.35. The number of hydrogen-bond donors (Lipinski definition) is 2. The number of benzene rings is 2. The van der Waals surface area contributed by atoms with Crippen LogP contribution in [-0.4, -0.2) is 28.2 Å². The first kappa shape index (κ1) is 19.4. The molecule has 0 unspecified atom stereocenters. The van der Waals surface area contributed by atoms with Crippen molar-refractivity contribution in [3.8, 4) is 0 Å². The van der Waals surface area contributed by atoms with Gasteiger partial charge in [-0.2, -0.15) is 0 Å². The summed E-state index contributed by atoms with van der Waals surface area (Å²) in [5.41, 5.74) is 1.41. The van der Waals surface area contributed by atoms with Crippen LogP contribution in [0.2, 0.25) is 0 Å². The van der Waals surface area contributed by atoms with E-state index in [0.29, 0.717) is 16.9 Å². The molecular formula is C17H16FN3O4S. The molecule has 0 heterocycles. The highest BCUT2D eigenvalue weighted by atomic mass is 32.2. The van der Waals surface area contributed by atoms with Gasteiger partial charge in [0.1, 0.15) is 5.82 Å². The Balaban J connectivity index is 1.80. The second-order valence-corrected chi connectivity index (χ2v) is 6.34. The Hall–Kier alpha value is -2.94. The molecule has 2 amide bonds. The highest BCUT2D eigenvalue weighted by Crippen LogP contribution is 2.22. The van der Waals surface area contributed by atoms with Gasteiger partial charge in [0.2, 0.25) is 11.8 Å². The molecule has 7 nitrogen and oxygen atoms in total. The van der Waals surface area contributed by atoms with Gasteiger partial charge in [0.25, 0.3) is 5.69 Å². The lowest BCUT2D eigenvalue weighted by atomic mass is 10.2. The van der Waals surface area contributed by atoms with Crippen LogP contribution >= 0.6 is 11.8 Å². The summed E-state index contributed by atoms with van der Waals surface area (Å²) in [4.78, 5) is 34.0. The second kappa shape index (κ2) is 8.95. The van der Waals surface area contributed by atoms with Crippen molar-refractivity contribution in [2.24, 2.45) is 0 Å². The van der Waals surface area contributed by atoms with E-state index in [0.717, 1.165) is 11.8 Å². The van der Waals surface area contributed by atoms with Gasteiger partial charge in [-0.3, -0.25) is 19.7 Å². The van der Waals surface area contributed by atoms with Crippen molar-refractivity contribution < 1.29 is 18.9 Å². The molecule has 0 fully saturated rings. The van der Waals surface area contributed by atoms with Crippen LogP contribution in [0.5, 0.6) is 0 Å². The van der Waals surface area contributed by atoms with Crippen molar-refractivity contribution in [1.82, 2.24) is 0 Å². The minimum absolute atomic E-state index is 0.0129. The number of anilines is 2.